The summed E-state index contributed by atoms with van der Waals surface area (Å²) in [6.07, 6.45) is 1.70. The van der Waals surface area contributed by atoms with Gasteiger partial charge in [0.2, 0.25) is 0 Å². The van der Waals surface area contributed by atoms with Gasteiger partial charge in [-0.05, 0) is 12.8 Å². The first-order valence-corrected chi connectivity index (χ1v) is 3.94. The molecule has 0 aromatic rings. The first-order valence-electron chi connectivity index (χ1n) is 3.94. The molecule has 0 aromatic heterocycles. The van der Waals surface area contributed by atoms with Gasteiger partial charge in [-0.1, -0.05) is 26.7 Å². The number of carboxylic acid groups (broad SMARTS) is 2. The molecular weight excluding hydrogens is 174 g/mol. The summed E-state index contributed by atoms with van der Waals surface area (Å²) in [5.41, 5.74) is 0. The number of carbonyl (C=O) groups is 2. The molecule has 0 unspecified atom stereocenters. The molecule has 0 aliphatic carbocycles. The van der Waals surface area contributed by atoms with Gasteiger partial charge >= 0.3 is 37.7 Å². The van der Waals surface area contributed by atoms with Crippen LogP contribution in [0.3, 0.4) is 0 Å². The molecule has 0 amide bonds. The Morgan fingerprint density at radius 1 is 0.857 bits per heavy atom. The molecule has 0 atom stereocenters. The van der Waals surface area contributed by atoms with Crippen molar-refractivity contribution in [3.8, 4) is 0 Å². The molecule has 14 heavy (non-hydrogen) atoms. The van der Waals surface area contributed by atoms with E-state index in [1.54, 1.807) is 13.8 Å². The molecule has 0 spiro atoms. The SMILES string of the molecule is CCCC(=O)[O-].CCCC(=O)[O-].[Li+].[Li+]. The van der Waals surface area contributed by atoms with Crippen molar-refractivity contribution >= 4 is 11.9 Å². The molecule has 6 heteroatoms. The number of hydrogen-bond acceptors (Lipinski definition) is 4. The Labute approximate surface area is 109 Å². The third kappa shape index (κ3) is 40.0. The largest absolute Gasteiger partial charge is 1.00 e. The van der Waals surface area contributed by atoms with E-state index >= 15 is 0 Å². The van der Waals surface area contributed by atoms with Gasteiger partial charge in [0.15, 0.2) is 0 Å². The smallest absolute Gasteiger partial charge is 0.550 e. The third-order valence-corrected chi connectivity index (χ3v) is 0.908. The fourth-order valence-electron chi connectivity index (χ4n) is 0.408. The summed E-state index contributed by atoms with van der Waals surface area (Å²) in [6.45, 7) is 3.60. The van der Waals surface area contributed by atoms with E-state index in [2.05, 4.69) is 0 Å². The average Bonchev–Trinajstić information content (AvgIpc) is 1.87. The van der Waals surface area contributed by atoms with Crippen LogP contribution in [0.2, 0.25) is 0 Å². The summed E-state index contributed by atoms with van der Waals surface area (Å²) in [4.78, 5) is 19.0. The Balaban J connectivity index is -0.0000000625. The van der Waals surface area contributed by atoms with E-state index in [4.69, 9.17) is 0 Å². The second-order valence-corrected chi connectivity index (χ2v) is 2.24. The fourth-order valence-corrected chi connectivity index (χ4v) is 0.408. The molecule has 0 bridgehead atoms. The maximum Gasteiger partial charge on any atom is 1.00 e. The van der Waals surface area contributed by atoms with E-state index in [0.29, 0.717) is 12.8 Å². The van der Waals surface area contributed by atoms with E-state index in [0.717, 1.165) is 0 Å². The maximum atomic E-state index is 9.49. The molecule has 0 aromatic carbocycles. The zero-order valence-electron chi connectivity index (χ0n) is 9.46. The molecular formula is C8H14Li2O4. The van der Waals surface area contributed by atoms with Crippen molar-refractivity contribution in [1.29, 1.82) is 0 Å². The Kier molecular flexibility index (Phi) is 31.9. The normalized spacial score (nSPS) is 7.00. The molecule has 0 rings (SSSR count). The van der Waals surface area contributed by atoms with Crippen molar-refractivity contribution in [3.05, 3.63) is 0 Å². The van der Waals surface area contributed by atoms with Gasteiger partial charge in [-0.2, -0.15) is 0 Å². The summed E-state index contributed by atoms with van der Waals surface area (Å²) < 4.78 is 0. The summed E-state index contributed by atoms with van der Waals surface area (Å²) in [6, 6.07) is 0. The van der Waals surface area contributed by atoms with Crippen LogP contribution in [-0.4, -0.2) is 11.9 Å². The van der Waals surface area contributed by atoms with E-state index in [1.165, 1.54) is 0 Å². The number of aliphatic carboxylic acids is 2. The van der Waals surface area contributed by atoms with Crippen LogP contribution in [0, 0.1) is 0 Å². The third-order valence-electron chi connectivity index (χ3n) is 0.908. The van der Waals surface area contributed by atoms with Crippen LogP contribution in [0.15, 0.2) is 0 Å². The number of hydrogen-bond donors (Lipinski definition) is 0. The molecule has 72 valence electrons. The van der Waals surface area contributed by atoms with E-state index in [9.17, 15) is 19.8 Å². The molecule has 4 nitrogen and oxygen atoms in total. The minimum atomic E-state index is -0.961. The maximum absolute atomic E-state index is 9.49. The van der Waals surface area contributed by atoms with Gasteiger partial charge in [0, 0.05) is 11.9 Å². The van der Waals surface area contributed by atoms with Crippen molar-refractivity contribution in [2.75, 3.05) is 0 Å². The Morgan fingerprint density at radius 2 is 1.07 bits per heavy atom. The zero-order chi connectivity index (χ0) is 9.98. The van der Waals surface area contributed by atoms with Gasteiger partial charge in [0.05, 0.1) is 0 Å². The second kappa shape index (κ2) is 18.8. The first kappa shape index (κ1) is 23.7. The summed E-state index contributed by atoms with van der Waals surface area (Å²) in [5.74, 6) is -1.92. The Bertz CT molecular complexity index is 123. The monoisotopic (exact) mass is 188 g/mol. The number of carboxylic acids is 2. The van der Waals surface area contributed by atoms with E-state index in [-0.39, 0.29) is 50.6 Å². The van der Waals surface area contributed by atoms with E-state index in [1.807, 2.05) is 0 Å². The van der Waals surface area contributed by atoms with Gasteiger partial charge in [0.25, 0.3) is 0 Å². The zero-order valence-corrected chi connectivity index (χ0v) is 9.46. The van der Waals surface area contributed by atoms with Crippen LogP contribution in [0.25, 0.3) is 0 Å². The first-order chi connectivity index (χ1) is 5.54. The fraction of sp³-hybridized carbons (Fsp3) is 0.750. The molecule has 0 aliphatic rings. The molecule has 0 fully saturated rings. The van der Waals surface area contributed by atoms with Gasteiger partial charge in [-0.15, -0.1) is 0 Å². The van der Waals surface area contributed by atoms with Gasteiger partial charge in [0.1, 0.15) is 0 Å². The van der Waals surface area contributed by atoms with E-state index < -0.39 is 11.9 Å². The molecule has 0 N–H and O–H groups in total. The standard InChI is InChI=1S/2C4H8O2.2Li/c2*1-2-3-4(5)6;;/h2*2-3H2,1H3,(H,5,6);;/q;;2*+1/p-2. The van der Waals surface area contributed by atoms with Gasteiger partial charge in [-0.3, -0.25) is 0 Å². The molecule has 0 radical (unpaired) electrons. The Morgan fingerprint density at radius 3 is 1.07 bits per heavy atom. The van der Waals surface area contributed by atoms with Crippen LogP contribution >= 0.6 is 0 Å². The topological polar surface area (TPSA) is 80.3 Å². The summed E-state index contributed by atoms with van der Waals surface area (Å²) in [7, 11) is 0. The average molecular weight is 188 g/mol. The van der Waals surface area contributed by atoms with Crippen molar-refractivity contribution in [2.45, 2.75) is 39.5 Å². The predicted octanol–water partition coefficient (Wildman–Crippen LogP) is -6.92. The van der Waals surface area contributed by atoms with Crippen LogP contribution in [0.5, 0.6) is 0 Å². The van der Waals surface area contributed by atoms with Crippen LogP contribution < -0.4 is 47.9 Å². The summed E-state index contributed by atoms with van der Waals surface area (Å²) in [5, 5.41) is 19.0. The van der Waals surface area contributed by atoms with Crippen LogP contribution in [-0.2, 0) is 9.59 Å². The minimum Gasteiger partial charge on any atom is -0.550 e. The van der Waals surface area contributed by atoms with Crippen LogP contribution in [0.1, 0.15) is 39.5 Å². The van der Waals surface area contributed by atoms with Crippen molar-refractivity contribution < 1.29 is 57.5 Å². The van der Waals surface area contributed by atoms with Crippen molar-refractivity contribution in [2.24, 2.45) is 0 Å². The predicted molar refractivity (Wildman–Crippen MR) is 39.8 cm³/mol. The Hall–Kier alpha value is 0.135. The van der Waals surface area contributed by atoms with Crippen LogP contribution in [0.4, 0.5) is 0 Å². The second-order valence-electron chi connectivity index (χ2n) is 2.24. The van der Waals surface area contributed by atoms with Gasteiger partial charge in [-0.25, -0.2) is 0 Å². The van der Waals surface area contributed by atoms with Crippen molar-refractivity contribution in [3.63, 3.8) is 0 Å². The minimum absolute atomic E-state index is 0. The molecule has 0 saturated heterocycles. The quantitative estimate of drug-likeness (QED) is 0.410. The van der Waals surface area contributed by atoms with Crippen molar-refractivity contribution in [1.82, 2.24) is 0 Å². The molecule has 0 saturated carbocycles. The number of rotatable bonds is 4. The molecule has 0 heterocycles. The summed E-state index contributed by atoms with van der Waals surface area (Å²) >= 11 is 0. The van der Waals surface area contributed by atoms with Gasteiger partial charge < -0.3 is 19.8 Å². The number of carbonyl (C=O) groups excluding carboxylic acids is 2. The molecule has 0 aliphatic heterocycles.